The van der Waals surface area contributed by atoms with Gasteiger partial charge in [-0.05, 0) is 30.2 Å². The van der Waals surface area contributed by atoms with Gasteiger partial charge in [-0.2, -0.15) is 0 Å². The Kier molecular flexibility index (Phi) is 3.28. The Labute approximate surface area is 121 Å². The van der Waals surface area contributed by atoms with Crippen molar-refractivity contribution in [1.29, 1.82) is 0 Å². The van der Waals surface area contributed by atoms with Crippen LogP contribution in [0.1, 0.15) is 31.8 Å². The third-order valence-corrected chi connectivity index (χ3v) is 3.74. The van der Waals surface area contributed by atoms with E-state index in [1.807, 2.05) is 6.07 Å². The summed E-state index contributed by atoms with van der Waals surface area (Å²) in [5.41, 5.74) is 2.48. The van der Waals surface area contributed by atoms with Gasteiger partial charge in [0.15, 0.2) is 5.78 Å². The fraction of sp³-hybridized carbons (Fsp3) is 0.125. The molecule has 1 amide bonds. The fourth-order valence-corrected chi connectivity index (χ4v) is 2.58. The van der Waals surface area contributed by atoms with Crippen molar-refractivity contribution in [3.8, 4) is 0 Å². The summed E-state index contributed by atoms with van der Waals surface area (Å²) in [7, 11) is 0. The van der Waals surface area contributed by atoms with E-state index in [0.29, 0.717) is 28.3 Å². The summed E-state index contributed by atoms with van der Waals surface area (Å²) < 4.78 is 0. The molecule has 2 aromatic rings. The number of carbonyl (C=O) groups excluding carboxylic acids is 2. The monoisotopic (exact) mass is 285 g/mol. The Balaban J connectivity index is 2.03. The topological polar surface area (TPSA) is 46.2 Å². The van der Waals surface area contributed by atoms with Crippen LogP contribution in [0.25, 0.3) is 0 Å². The van der Waals surface area contributed by atoms with Gasteiger partial charge in [0.1, 0.15) is 0 Å². The van der Waals surface area contributed by atoms with Gasteiger partial charge in [0.2, 0.25) is 0 Å². The van der Waals surface area contributed by atoms with Crippen LogP contribution in [-0.2, 0) is 6.42 Å². The molecule has 100 valence electrons. The number of rotatable bonds is 2. The summed E-state index contributed by atoms with van der Waals surface area (Å²) in [6.07, 6.45) is 0.793. The molecule has 0 atom stereocenters. The van der Waals surface area contributed by atoms with Gasteiger partial charge < -0.3 is 5.32 Å². The number of amides is 1. The highest BCUT2D eigenvalue weighted by atomic mass is 35.5. The molecule has 3 rings (SSSR count). The summed E-state index contributed by atoms with van der Waals surface area (Å²) in [6, 6.07) is 12.2. The van der Waals surface area contributed by atoms with Crippen LogP contribution < -0.4 is 5.32 Å². The Hall–Kier alpha value is -2.13. The number of halogens is 1. The number of nitrogens with one attached hydrogen (secondary N) is 1. The maximum Gasteiger partial charge on any atom is 0.251 e. The van der Waals surface area contributed by atoms with Crippen LogP contribution in [0.3, 0.4) is 0 Å². The molecule has 2 aromatic carbocycles. The highest BCUT2D eigenvalue weighted by Crippen LogP contribution is 2.22. The molecule has 4 heteroatoms. The van der Waals surface area contributed by atoms with Crippen molar-refractivity contribution in [2.75, 3.05) is 6.54 Å². The Bertz CT molecular complexity index is 709. The Morgan fingerprint density at radius 2 is 1.95 bits per heavy atom. The fourth-order valence-electron chi connectivity index (χ4n) is 2.35. The number of hydrogen-bond donors (Lipinski definition) is 1. The number of carbonyl (C=O) groups is 2. The quantitative estimate of drug-likeness (QED) is 0.863. The van der Waals surface area contributed by atoms with Crippen LogP contribution in [0.4, 0.5) is 0 Å². The highest BCUT2D eigenvalue weighted by molar-refractivity contribution is 6.35. The van der Waals surface area contributed by atoms with Crippen molar-refractivity contribution in [2.24, 2.45) is 0 Å². The van der Waals surface area contributed by atoms with Crippen molar-refractivity contribution >= 4 is 23.3 Å². The predicted molar refractivity (Wildman–Crippen MR) is 77.4 cm³/mol. The lowest BCUT2D eigenvalue weighted by Gasteiger charge is -2.17. The van der Waals surface area contributed by atoms with Gasteiger partial charge in [-0.25, -0.2) is 0 Å². The minimum atomic E-state index is -0.170. The first-order valence-electron chi connectivity index (χ1n) is 6.37. The number of fused-ring (bicyclic) bond motifs is 1. The van der Waals surface area contributed by atoms with E-state index >= 15 is 0 Å². The van der Waals surface area contributed by atoms with Gasteiger partial charge in [-0.15, -0.1) is 0 Å². The molecule has 0 bridgehead atoms. The predicted octanol–water partition coefficient (Wildman–Crippen LogP) is 2.86. The molecule has 0 spiro atoms. The van der Waals surface area contributed by atoms with Gasteiger partial charge >= 0.3 is 0 Å². The summed E-state index contributed by atoms with van der Waals surface area (Å²) in [5.74, 6) is -0.295. The van der Waals surface area contributed by atoms with E-state index in [4.69, 9.17) is 11.6 Å². The third kappa shape index (κ3) is 2.21. The van der Waals surface area contributed by atoms with Crippen molar-refractivity contribution in [2.45, 2.75) is 6.42 Å². The van der Waals surface area contributed by atoms with Gasteiger partial charge in [-0.3, -0.25) is 9.59 Å². The van der Waals surface area contributed by atoms with E-state index in [1.165, 1.54) is 0 Å². The van der Waals surface area contributed by atoms with Gasteiger partial charge in [-0.1, -0.05) is 35.9 Å². The van der Waals surface area contributed by atoms with E-state index in [-0.39, 0.29) is 11.7 Å². The molecule has 0 radical (unpaired) electrons. The lowest BCUT2D eigenvalue weighted by molar-refractivity contribution is 0.0946. The van der Waals surface area contributed by atoms with Crippen LogP contribution >= 0.6 is 11.6 Å². The molecule has 0 saturated heterocycles. The highest BCUT2D eigenvalue weighted by Gasteiger charge is 2.19. The van der Waals surface area contributed by atoms with Gasteiger partial charge in [0, 0.05) is 23.2 Å². The van der Waals surface area contributed by atoms with Crippen molar-refractivity contribution in [1.82, 2.24) is 5.32 Å². The van der Waals surface area contributed by atoms with Crippen LogP contribution in [0.2, 0.25) is 5.02 Å². The van der Waals surface area contributed by atoms with Crippen molar-refractivity contribution in [3.05, 3.63) is 69.7 Å². The summed E-state index contributed by atoms with van der Waals surface area (Å²) in [5, 5.41) is 3.20. The van der Waals surface area contributed by atoms with E-state index in [9.17, 15) is 9.59 Å². The van der Waals surface area contributed by atoms with Crippen molar-refractivity contribution < 1.29 is 9.59 Å². The van der Waals surface area contributed by atoms with Crippen molar-refractivity contribution in [3.63, 3.8) is 0 Å². The Morgan fingerprint density at radius 1 is 1.15 bits per heavy atom. The first kappa shape index (κ1) is 12.9. The average molecular weight is 286 g/mol. The zero-order chi connectivity index (χ0) is 14.1. The largest absolute Gasteiger partial charge is 0.352 e. The second kappa shape index (κ2) is 5.10. The minimum Gasteiger partial charge on any atom is -0.352 e. The zero-order valence-corrected chi connectivity index (χ0v) is 11.4. The maximum absolute atomic E-state index is 12.4. The third-order valence-electron chi connectivity index (χ3n) is 3.42. The normalized spacial score (nSPS) is 13.6. The average Bonchev–Trinajstić information content (AvgIpc) is 2.47. The van der Waals surface area contributed by atoms with E-state index in [2.05, 4.69) is 5.32 Å². The molecule has 3 nitrogen and oxygen atoms in total. The first-order chi connectivity index (χ1) is 9.66. The Morgan fingerprint density at radius 3 is 2.75 bits per heavy atom. The second-order valence-electron chi connectivity index (χ2n) is 4.69. The van der Waals surface area contributed by atoms with Gasteiger partial charge in [0.25, 0.3) is 5.91 Å². The summed E-state index contributed by atoms with van der Waals surface area (Å²) in [6.45, 7) is 0.642. The van der Waals surface area contributed by atoms with E-state index in [1.54, 1.807) is 36.4 Å². The lowest BCUT2D eigenvalue weighted by atomic mass is 9.94. The summed E-state index contributed by atoms with van der Waals surface area (Å²) >= 11 is 6.04. The van der Waals surface area contributed by atoms with E-state index < -0.39 is 0 Å². The van der Waals surface area contributed by atoms with Crippen LogP contribution in [0.5, 0.6) is 0 Å². The minimum absolute atomic E-state index is 0.125. The lowest BCUT2D eigenvalue weighted by Crippen LogP contribution is -2.32. The van der Waals surface area contributed by atoms with Crippen LogP contribution in [0, 0.1) is 0 Å². The molecule has 0 unspecified atom stereocenters. The van der Waals surface area contributed by atoms with Crippen LogP contribution in [-0.4, -0.2) is 18.2 Å². The molecule has 20 heavy (non-hydrogen) atoms. The summed E-state index contributed by atoms with van der Waals surface area (Å²) in [4.78, 5) is 24.3. The number of ketones is 1. The van der Waals surface area contributed by atoms with Crippen LogP contribution in [0.15, 0.2) is 42.5 Å². The molecular formula is C16H12ClNO2. The molecular weight excluding hydrogens is 274 g/mol. The molecule has 0 fully saturated rings. The number of hydrogen-bond acceptors (Lipinski definition) is 2. The maximum atomic E-state index is 12.4. The molecule has 1 N–H and O–H groups in total. The smallest absolute Gasteiger partial charge is 0.251 e. The first-order valence-corrected chi connectivity index (χ1v) is 6.75. The molecule has 0 aliphatic carbocycles. The SMILES string of the molecule is O=C(c1ccc2c(c1)C(=O)NCC2)c1ccccc1Cl. The number of benzene rings is 2. The zero-order valence-electron chi connectivity index (χ0n) is 10.7. The molecule has 1 aliphatic rings. The standard InChI is InChI=1S/C16H12ClNO2/c17-14-4-2-1-3-12(14)15(19)11-6-5-10-7-8-18-16(20)13(10)9-11/h1-6,9H,7-8H2,(H,18,20). The molecule has 1 heterocycles. The molecule has 0 aromatic heterocycles. The molecule has 0 saturated carbocycles. The van der Waals surface area contributed by atoms with Gasteiger partial charge in [0.05, 0.1) is 5.02 Å². The molecule has 1 aliphatic heterocycles. The second-order valence-corrected chi connectivity index (χ2v) is 5.09. The van der Waals surface area contributed by atoms with E-state index in [0.717, 1.165) is 12.0 Å².